The van der Waals surface area contributed by atoms with Gasteiger partial charge in [-0.3, -0.25) is 0 Å². The van der Waals surface area contributed by atoms with E-state index in [0.29, 0.717) is 37.4 Å². The topological polar surface area (TPSA) is 51.2 Å². The number of aryl methyl sites for hydroxylation is 1. The molecule has 16 heteroatoms. The van der Waals surface area contributed by atoms with Crippen molar-refractivity contribution in [1.82, 2.24) is 4.90 Å². The predicted molar refractivity (Wildman–Crippen MR) is 209 cm³/mol. The van der Waals surface area contributed by atoms with Gasteiger partial charge in [-0.15, -0.1) is 0 Å². The number of halogens is 9. The van der Waals surface area contributed by atoms with Gasteiger partial charge in [0.2, 0.25) is 0 Å². The van der Waals surface area contributed by atoms with Gasteiger partial charge in [-0.2, -0.15) is 39.5 Å². The van der Waals surface area contributed by atoms with Crippen molar-refractivity contribution in [1.29, 1.82) is 0 Å². The van der Waals surface area contributed by atoms with Crippen LogP contribution in [0.4, 0.5) is 39.5 Å². The lowest BCUT2D eigenvalue weighted by Gasteiger charge is -2.50. The minimum absolute atomic E-state index is 0.247. The van der Waals surface area contributed by atoms with Gasteiger partial charge >= 0.3 is 24.1 Å². The number of fused-ring (bicyclic) bond motifs is 5. The fourth-order valence-electron chi connectivity index (χ4n) is 9.39. The molecule has 0 spiro atoms. The Morgan fingerprint density at radius 1 is 0.737 bits per heavy atom. The summed E-state index contributed by atoms with van der Waals surface area (Å²) in [5.41, 5.74) is -3.85. The minimum Gasteiger partial charge on any atom is -0.494 e. The number of benzene rings is 1. The van der Waals surface area contributed by atoms with Crippen LogP contribution in [0.5, 0.6) is 5.75 Å². The molecule has 0 aromatic heterocycles. The summed E-state index contributed by atoms with van der Waals surface area (Å²) in [6.45, 7) is 3.42. The van der Waals surface area contributed by atoms with E-state index >= 15 is 0 Å². The van der Waals surface area contributed by atoms with E-state index in [1.807, 2.05) is 21.6 Å². The zero-order valence-electron chi connectivity index (χ0n) is 33.3. The van der Waals surface area contributed by atoms with Crippen LogP contribution in [-0.4, -0.2) is 98.3 Å². The molecule has 3 aliphatic rings. The van der Waals surface area contributed by atoms with Gasteiger partial charge in [0.1, 0.15) is 5.75 Å². The van der Waals surface area contributed by atoms with E-state index in [1.54, 1.807) is 0 Å². The number of hydrogen-bond acceptors (Lipinski definition) is 7. The van der Waals surface area contributed by atoms with Crippen LogP contribution in [0.2, 0.25) is 0 Å². The molecule has 0 amide bonds. The number of aliphatic hydroxyl groups is 1. The van der Waals surface area contributed by atoms with E-state index in [1.165, 1.54) is 61.2 Å². The van der Waals surface area contributed by atoms with E-state index in [2.05, 4.69) is 41.8 Å². The highest BCUT2D eigenvalue weighted by Gasteiger charge is 2.85. The normalized spacial score (nSPS) is 24.1. The number of nitrogens with zero attached hydrogens (tertiary/aromatic N) is 1. The Morgan fingerprint density at radius 2 is 1.37 bits per heavy atom. The van der Waals surface area contributed by atoms with E-state index in [-0.39, 0.29) is 18.1 Å². The highest BCUT2D eigenvalue weighted by atomic mass is 33.1. The zero-order valence-corrected chi connectivity index (χ0v) is 35.0. The second-order valence-electron chi connectivity index (χ2n) is 16.3. The van der Waals surface area contributed by atoms with Crippen LogP contribution >= 0.6 is 21.6 Å². The zero-order chi connectivity index (χ0) is 41.7. The molecule has 330 valence electrons. The lowest BCUT2D eigenvalue weighted by Crippen LogP contribution is -2.67. The summed E-state index contributed by atoms with van der Waals surface area (Å²) >= 11 is 0. The summed E-state index contributed by atoms with van der Waals surface area (Å²) in [6.07, 6.45) is -5.44. The molecule has 0 aliphatic heterocycles. The Balaban J connectivity index is 1.13. The van der Waals surface area contributed by atoms with Crippen LogP contribution in [0.15, 0.2) is 18.2 Å². The minimum atomic E-state index is -6.74. The maximum atomic E-state index is 13.2. The SMILES string of the molecule is CN(CCCCCCSSCCCCCCO)CCCOc1ccc2c(c1)CCC1C2CCC2(C)C(OCCCOC(C(F)(F)F)(C(F)(F)F)C(F)(F)F)CCC12. The summed E-state index contributed by atoms with van der Waals surface area (Å²) in [5, 5.41) is 8.83. The van der Waals surface area contributed by atoms with Crippen LogP contribution in [-0.2, 0) is 15.9 Å². The number of ether oxygens (including phenoxy) is 3. The van der Waals surface area contributed by atoms with Gasteiger partial charge in [0.25, 0.3) is 0 Å². The first kappa shape index (κ1) is 48.6. The third kappa shape index (κ3) is 12.7. The van der Waals surface area contributed by atoms with Gasteiger partial charge in [0.15, 0.2) is 0 Å². The van der Waals surface area contributed by atoms with Crippen LogP contribution < -0.4 is 4.74 Å². The summed E-state index contributed by atoms with van der Waals surface area (Å²) < 4.78 is 134. The quantitative estimate of drug-likeness (QED) is 0.0597. The first-order valence-corrected chi connectivity index (χ1v) is 23.2. The molecule has 3 aliphatic carbocycles. The largest absolute Gasteiger partial charge is 0.494 e. The molecule has 1 aromatic carbocycles. The van der Waals surface area contributed by atoms with Crippen LogP contribution in [0, 0.1) is 17.3 Å². The van der Waals surface area contributed by atoms with Crippen molar-refractivity contribution in [3.63, 3.8) is 0 Å². The van der Waals surface area contributed by atoms with Gasteiger partial charge < -0.3 is 24.2 Å². The predicted octanol–water partition coefficient (Wildman–Crippen LogP) is 12.0. The number of alkyl halides is 9. The highest BCUT2D eigenvalue weighted by Crippen LogP contribution is 2.62. The molecule has 1 aromatic rings. The Bertz CT molecular complexity index is 1300. The second-order valence-corrected chi connectivity index (χ2v) is 19.0. The van der Waals surface area contributed by atoms with Gasteiger partial charge in [-0.25, -0.2) is 0 Å². The molecule has 5 unspecified atom stereocenters. The Morgan fingerprint density at radius 3 is 2.02 bits per heavy atom. The standard InChI is InChI=1S/C41H62F9NO4S2/c1-37-20-19-33-32-16-14-31(53-24-11-22-51(2)21-7-3-5-9-27-56-57-28-10-6-4-8-23-52)29-30(32)13-15-34(33)35(37)17-18-36(37)54-25-12-26-55-38(39(42,43)44,40(45,46)47)41(48,49)50/h14,16,29,33-36,52H,3-13,15,17-28H2,1-2H3. The molecule has 0 radical (unpaired) electrons. The molecule has 5 nitrogen and oxygen atoms in total. The molecule has 0 bridgehead atoms. The molecule has 2 fully saturated rings. The Labute approximate surface area is 340 Å². The summed E-state index contributed by atoms with van der Waals surface area (Å²) in [6, 6.07) is 6.43. The highest BCUT2D eigenvalue weighted by molar-refractivity contribution is 8.76. The van der Waals surface area contributed by atoms with Gasteiger partial charge in [0.05, 0.1) is 19.3 Å². The number of aliphatic hydroxyl groups excluding tert-OH is 1. The summed E-state index contributed by atoms with van der Waals surface area (Å²) in [7, 11) is 6.13. The smallest absolute Gasteiger partial charge is 0.435 e. The van der Waals surface area contributed by atoms with Crippen molar-refractivity contribution in [2.75, 3.05) is 58.1 Å². The third-order valence-electron chi connectivity index (χ3n) is 12.4. The number of rotatable bonds is 25. The number of unbranched alkanes of at least 4 members (excludes halogenated alkanes) is 6. The van der Waals surface area contributed by atoms with Crippen LogP contribution in [0.25, 0.3) is 0 Å². The van der Waals surface area contributed by atoms with Crippen molar-refractivity contribution < 1.29 is 58.8 Å². The molecule has 0 saturated heterocycles. The van der Waals surface area contributed by atoms with E-state index < -0.39 is 37.2 Å². The molecular formula is C41H62F9NO4S2. The molecule has 0 heterocycles. The van der Waals surface area contributed by atoms with Gasteiger partial charge in [0, 0.05) is 31.3 Å². The lowest BCUT2D eigenvalue weighted by molar-refractivity contribution is -0.457. The van der Waals surface area contributed by atoms with Crippen molar-refractivity contribution >= 4 is 21.6 Å². The van der Waals surface area contributed by atoms with Crippen LogP contribution in [0.1, 0.15) is 120 Å². The summed E-state index contributed by atoms with van der Waals surface area (Å²) in [4.78, 5) is 2.37. The molecule has 1 N–H and O–H groups in total. The fraction of sp³-hybridized carbons (Fsp3) is 0.854. The molecular weight excluding hydrogens is 806 g/mol. The maximum Gasteiger partial charge on any atom is 0.435 e. The van der Waals surface area contributed by atoms with Gasteiger partial charge in [-0.1, -0.05) is 60.3 Å². The van der Waals surface area contributed by atoms with E-state index in [9.17, 15) is 39.5 Å². The molecule has 5 atom stereocenters. The van der Waals surface area contributed by atoms with Crippen molar-refractivity contribution in [2.45, 2.75) is 146 Å². The lowest BCUT2D eigenvalue weighted by atomic mass is 9.55. The summed E-state index contributed by atoms with van der Waals surface area (Å²) in [5.74, 6) is 4.38. The average molecular weight is 868 g/mol. The maximum absolute atomic E-state index is 13.2. The second kappa shape index (κ2) is 22.1. The van der Waals surface area contributed by atoms with Crippen molar-refractivity contribution in [3.8, 4) is 5.75 Å². The van der Waals surface area contributed by atoms with Gasteiger partial charge in [-0.05, 0) is 137 Å². The van der Waals surface area contributed by atoms with E-state index in [0.717, 1.165) is 70.2 Å². The molecule has 4 rings (SSSR count). The Kier molecular flexibility index (Phi) is 18.9. The van der Waals surface area contributed by atoms with Crippen molar-refractivity contribution in [3.05, 3.63) is 29.3 Å². The first-order chi connectivity index (χ1) is 27.0. The average Bonchev–Trinajstić information content (AvgIpc) is 3.47. The van der Waals surface area contributed by atoms with E-state index in [4.69, 9.17) is 14.6 Å². The molecule has 57 heavy (non-hydrogen) atoms. The first-order valence-electron chi connectivity index (χ1n) is 20.7. The Hall–Kier alpha value is -1.07. The van der Waals surface area contributed by atoms with Crippen LogP contribution in [0.3, 0.4) is 0 Å². The molecule has 2 saturated carbocycles. The van der Waals surface area contributed by atoms with Crippen molar-refractivity contribution in [2.24, 2.45) is 17.3 Å². The third-order valence-corrected chi connectivity index (χ3v) is 15.0. The fourth-order valence-corrected chi connectivity index (χ4v) is 11.7. The number of hydrogen-bond donors (Lipinski definition) is 1. The monoisotopic (exact) mass is 867 g/mol.